The van der Waals surface area contributed by atoms with Crippen molar-refractivity contribution in [3.05, 3.63) is 0 Å². The second-order valence-electron chi connectivity index (χ2n) is 15.6. The van der Waals surface area contributed by atoms with Crippen LogP contribution in [-0.4, -0.2) is 11.5 Å². The van der Waals surface area contributed by atoms with E-state index in [9.17, 15) is 4.79 Å². The monoisotopic (exact) mass is 741 g/mol. The molecule has 0 saturated heterocycles. The van der Waals surface area contributed by atoms with Crippen molar-refractivity contribution >= 4 is 20.8 Å². The van der Waals surface area contributed by atoms with E-state index in [0.29, 0.717) is 6.61 Å². The van der Waals surface area contributed by atoms with Crippen molar-refractivity contribution in [3.8, 4) is 0 Å². The van der Waals surface area contributed by atoms with E-state index < -0.39 is 0 Å². The first-order valence-electron chi connectivity index (χ1n) is 22.6. The van der Waals surface area contributed by atoms with Gasteiger partial charge in [-0.15, -0.1) is 0 Å². The molecule has 0 bridgehead atoms. The predicted molar refractivity (Wildman–Crippen MR) is 220 cm³/mol. The molecule has 0 amide bonds. The smallest absolute Gasteiger partial charge is 0.374 e. The van der Waals surface area contributed by atoms with Gasteiger partial charge < -0.3 is 4.74 Å². The van der Waals surface area contributed by atoms with Crippen LogP contribution in [0.15, 0.2) is 0 Å². The lowest BCUT2D eigenvalue weighted by Gasteiger charge is -2.05. The molecule has 0 fully saturated rings. The van der Waals surface area contributed by atoms with Crippen LogP contribution in [0.1, 0.15) is 277 Å². The molecule has 0 aliphatic carbocycles. The van der Waals surface area contributed by atoms with Gasteiger partial charge in [-0.25, -0.2) is 4.79 Å². The first-order valence-corrected chi connectivity index (χ1v) is 23.4. The molecule has 48 heavy (non-hydrogen) atoms. The summed E-state index contributed by atoms with van der Waals surface area (Å²) in [5, 5.41) is 0. The van der Waals surface area contributed by atoms with Crippen molar-refractivity contribution in [1.29, 1.82) is 0 Å². The Bertz CT molecular complexity index is 579. The minimum atomic E-state index is -0.334. The van der Waals surface area contributed by atoms with Crippen LogP contribution in [-0.2, 0) is 4.74 Å². The largest absolute Gasteiger partial charge is 0.457 e. The lowest BCUT2D eigenvalue weighted by molar-refractivity contribution is 0.174. The van der Waals surface area contributed by atoms with Crippen molar-refractivity contribution in [3.63, 3.8) is 0 Å². The summed E-state index contributed by atoms with van der Waals surface area (Å²) in [4.78, 5) is 10.3. The summed E-state index contributed by atoms with van der Waals surface area (Å²) >= 11 is 2.79. The second kappa shape index (κ2) is 45.0. The Morgan fingerprint density at radius 3 is 0.583 bits per heavy atom. The van der Waals surface area contributed by atoms with Gasteiger partial charge in [-0.1, -0.05) is 270 Å². The van der Waals surface area contributed by atoms with Crippen LogP contribution in [0, 0.1) is 0 Å². The van der Waals surface area contributed by atoms with Gasteiger partial charge in [0.1, 0.15) is 0 Å². The van der Waals surface area contributed by atoms with Crippen molar-refractivity contribution in [2.45, 2.75) is 277 Å². The molecule has 0 unspecified atom stereocenters. The van der Waals surface area contributed by atoms with E-state index in [1.165, 1.54) is 263 Å². The molecule has 0 aliphatic heterocycles. The fourth-order valence-electron chi connectivity index (χ4n) is 7.40. The van der Waals surface area contributed by atoms with Crippen LogP contribution in [0.3, 0.4) is 0 Å². The van der Waals surface area contributed by atoms with Gasteiger partial charge in [0.2, 0.25) is 0 Å². The summed E-state index contributed by atoms with van der Waals surface area (Å²) < 4.78 is 4.90. The molecule has 0 atom stereocenters. The van der Waals surface area contributed by atoms with Crippen molar-refractivity contribution < 1.29 is 9.53 Å². The van der Waals surface area contributed by atoms with E-state index in [1.54, 1.807) is 0 Å². The summed E-state index contributed by atoms with van der Waals surface area (Å²) in [6.45, 7) is 2.87. The molecule has 0 aromatic heterocycles. The van der Waals surface area contributed by atoms with E-state index in [4.69, 9.17) is 4.74 Å². The van der Waals surface area contributed by atoms with Crippen LogP contribution in [0.5, 0.6) is 0 Å². The maximum Gasteiger partial charge on any atom is 0.374 e. The molecule has 0 aromatic rings. The number of carbonyl (C=O) groups is 1. The highest BCUT2D eigenvalue weighted by Crippen LogP contribution is 2.18. The molecular formula is C45H89BrO2. The zero-order valence-electron chi connectivity index (χ0n) is 33.1. The Morgan fingerprint density at radius 2 is 0.438 bits per heavy atom. The topological polar surface area (TPSA) is 26.3 Å². The van der Waals surface area contributed by atoms with Crippen molar-refractivity contribution in [1.82, 2.24) is 0 Å². The first kappa shape index (κ1) is 48.0. The third-order valence-electron chi connectivity index (χ3n) is 10.7. The number of hydrogen-bond acceptors (Lipinski definition) is 2. The standard InChI is InChI=1S/C45H89BrO2/c1-2-3-4-5-6-7-8-9-10-11-12-13-14-15-16-17-18-19-20-21-22-23-24-25-26-27-28-29-30-31-32-33-34-35-36-37-38-39-40-41-42-43-44-48-45(46)47/h2-44H2,1H3. The fraction of sp³-hybridized carbons (Fsp3) is 0.978. The average Bonchev–Trinajstić information content (AvgIpc) is 3.08. The van der Waals surface area contributed by atoms with Gasteiger partial charge in [0.15, 0.2) is 0 Å². The van der Waals surface area contributed by atoms with Gasteiger partial charge >= 0.3 is 4.88 Å². The molecule has 0 saturated carbocycles. The number of ether oxygens (including phenoxy) is 1. The highest BCUT2D eigenvalue weighted by atomic mass is 79.9. The highest BCUT2D eigenvalue weighted by Gasteiger charge is 1.99. The molecule has 0 heterocycles. The van der Waals surface area contributed by atoms with Gasteiger partial charge in [-0.05, 0) is 6.42 Å². The summed E-state index contributed by atoms with van der Waals surface area (Å²) in [6.07, 6.45) is 60.6. The Morgan fingerprint density at radius 1 is 0.292 bits per heavy atom. The number of unbranched alkanes of at least 4 members (excludes halogenated alkanes) is 41. The number of halogens is 1. The molecule has 2 nitrogen and oxygen atoms in total. The van der Waals surface area contributed by atoms with E-state index in [2.05, 4.69) is 22.9 Å². The second-order valence-corrected chi connectivity index (χ2v) is 16.2. The van der Waals surface area contributed by atoms with Crippen LogP contribution < -0.4 is 0 Å². The molecule has 0 N–H and O–H groups in total. The maximum atomic E-state index is 10.6. The molecule has 0 spiro atoms. The molecule has 0 aliphatic rings. The minimum Gasteiger partial charge on any atom is -0.457 e. The van der Waals surface area contributed by atoms with Gasteiger partial charge in [0, 0.05) is 15.9 Å². The van der Waals surface area contributed by atoms with Gasteiger partial charge in [0.25, 0.3) is 0 Å². The molecule has 288 valence electrons. The number of rotatable bonds is 43. The Labute approximate surface area is 312 Å². The maximum absolute atomic E-state index is 10.6. The van der Waals surface area contributed by atoms with Gasteiger partial charge in [-0.3, -0.25) is 0 Å². The van der Waals surface area contributed by atoms with Crippen molar-refractivity contribution in [2.24, 2.45) is 0 Å². The Balaban J connectivity index is 3.04. The van der Waals surface area contributed by atoms with Crippen LogP contribution in [0.4, 0.5) is 4.79 Å². The third kappa shape index (κ3) is 46.0. The van der Waals surface area contributed by atoms with Crippen LogP contribution in [0.25, 0.3) is 0 Å². The van der Waals surface area contributed by atoms with Crippen LogP contribution >= 0.6 is 15.9 Å². The van der Waals surface area contributed by atoms with E-state index in [1.807, 2.05) is 0 Å². The summed E-state index contributed by atoms with van der Waals surface area (Å²) in [5.74, 6) is 0. The number of carbonyl (C=O) groups excluding carboxylic acids is 1. The quantitative estimate of drug-likeness (QED) is 0.0459. The molecule has 0 rings (SSSR count). The van der Waals surface area contributed by atoms with Crippen molar-refractivity contribution in [2.75, 3.05) is 6.61 Å². The minimum absolute atomic E-state index is 0.334. The summed E-state index contributed by atoms with van der Waals surface area (Å²) in [7, 11) is 0. The Hall–Kier alpha value is -0.0500. The summed E-state index contributed by atoms with van der Waals surface area (Å²) in [6, 6.07) is 0. The average molecular weight is 742 g/mol. The SMILES string of the molecule is CCCCCCCCCCCCCCCCCCCCCCCCCCCCCCCCCCCCCCCCCCCCOC(=O)Br. The highest BCUT2D eigenvalue weighted by molar-refractivity contribution is 9.18. The first-order chi connectivity index (χ1) is 23.8. The fourth-order valence-corrected chi connectivity index (χ4v) is 7.56. The normalized spacial score (nSPS) is 11.5. The molecule has 0 aromatic carbocycles. The van der Waals surface area contributed by atoms with Gasteiger partial charge in [0.05, 0.1) is 6.61 Å². The number of hydrogen-bond donors (Lipinski definition) is 0. The van der Waals surface area contributed by atoms with E-state index >= 15 is 0 Å². The third-order valence-corrected chi connectivity index (χ3v) is 10.9. The van der Waals surface area contributed by atoms with E-state index in [-0.39, 0.29) is 4.88 Å². The molecule has 0 radical (unpaired) electrons. The lowest BCUT2D eigenvalue weighted by Crippen LogP contribution is -1.95. The van der Waals surface area contributed by atoms with Gasteiger partial charge in [-0.2, -0.15) is 0 Å². The lowest BCUT2D eigenvalue weighted by atomic mass is 10.0. The Kier molecular flexibility index (Phi) is 44.9. The zero-order chi connectivity index (χ0) is 34.7. The van der Waals surface area contributed by atoms with Crippen LogP contribution in [0.2, 0.25) is 0 Å². The molecular weight excluding hydrogens is 652 g/mol. The van der Waals surface area contributed by atoms with E-state index in [0.717, 1.165) is 6.42 Å². The zero-order valence-corrected chi connectivity index (χ0v) is 34.7. The summed E-state index contributed by atoms with van der Waals surface area (Å²) in [5.41, 5.74) is 0. The predicted octanol–water partition coefficient (Wildman–Crippen LogP) is 17.9. The molecule has 3 heteroatoms.